The Bertz CT molecular complexity index is 2560. The molecule has 2 heterocycles. The fraction of sp³-hybridized carbons (Fsp3) is 0.785. The number of aliphatic hydroxyl groups is 1. The average Bonchev–Trinajstić information content (AvgIpc) is 2.12. The van der Waals surface area contributed by atoms with Crippen molar-refractivity contribution in [2.75, 3.05) is 48.8 Å². The second-order valence-electron chi connectivity index (χ2n) is 27.4. The SMILES string of the molecule is C/C=C/C[C@@H](C)[C@@H](O)[C@H]1C(=O)N[C@@H](CC)C(=O)N2CC(OC(C)=O)C[C@@H]2C(=O)N(C)[C@@H](C(C)C)C(=O)N[C@@H](C(C)C)C(=O)N(C)[C@@H](CC(C)C)C(=O)N[C@@H](C)C(=O)N[C@H](C)C(=O)N(C)[C@@H](CC(C)C)C(=O)N(C)[C@@H](CC(C)C)C(=O)N(C)[C@@H](C(C)C)C(=O)N1C. The standard InChI is InChI=1S/C65H113N11O14/c1-25-27-28-40(15)54(78)53-58(82)68-45(26-2)60(84)76-33-44(90-43(18)77)32-49(76)63(87)73(22)51(38(11)12)57(81)69-50(37(9)10)64(88)70(19)46(29-34(3)4)56(80)66-41(16)55(79)67-42(17)59(83)71(20)47(30-35(5)6)61(85)72(21)48(31-36(7)8)62(86)74(23)52(39(13)14)65(89)75(53)24/h25,27,34-42,44-54,78H,26,28-33H2,1-24H3,(H,66,80)(H,67,79)(H,68,82)(H,69,81)/b27-25+/t40-,41+,42-,44?,45+,46+,47+,48+,49-,50+,51+,52+,53+,54-/m1/s1. The van der Waals surface area contributed by atoms with Gasteiger partial charge in [-0.1, -0.05) is 109 Å². The highest BCUT2D eigenvalue weighted by molar-refractivity contribution is 6.00. The second-order valence-corrected chi connectivity index (χ2v) is 27.4. The van der Waals surface area contributed by atoms with Gasteiger partial charge in [-0.15, -0.1) is 0 Å². The van der Waals surface area contributed by atoms with Crippen LogP contribution in [0.25, 0.3) is 0 Å². The molecule has 2 saturated heterocycles. The number of amides is 11. The van der Waals surface area contributed by atoms with Crippen LogP contribution in [0.15, 0.2) is 12.2 Å². The number of carbonyl (C=O) groups is 12. The predicted molar refractivity (Wildman–Crippen MR) is 342 cm³/mol. The van der Waals surface area contributed by atoms with Crippen molar-refractivity contribution in [1.82, 2.24) is 55.6 Å². The summed E-state index contributed by atoms with van der Waals surface area (Å²) in [7, 11) is 8.42. The molecule has 11 amide bonds. The molecule has 25 heteroatoms. The van der Waals surface area contributed by atoms with Crippen molar-refractivity contribution in [3.63, 3.8) is 0 Å². The first-order valence-corrected chi connectivity index (χ1v) is 32.2. The Morgan fingerprint density at radius 1 is 0.522 bits per heavy atom. The molecular formula is C65H113N11O14. The van der Waals surface area contributed by atoms with Gasteiger partial charge in [-0.2, -0.15) is 0 Å². The number of rotatable bonds is 15. The Labute approximate surface area is 536 Å². The monoisotopic (exact) mass is 1270 g/mol. The van der Waals surface area contributed by atoms with Gasteiger partial charge in [0.25, 0.3) is 0 Å². The lowest BCUT2D eigenvalue weighted by Crippen LogP contribution is -2.64. The van der Waals surface area contributed by atoms with Crippen LogP contribution in [-0.4, -0.2) is 238 Å². The number of hydrogen-bond donors (Lipinski definition) is 5. The normalized spacial score (nSPS) is 28.3. The Hall–Kier alpha value is -6.66. The van der Waals surface area contributed by atoms with Crippen molar-refractivity contribution in [1.29, 1.82) is 0 Å². The lowest BCUT2D eigenvalue weighted by Gasteiger charge is -2.41. The number of ether oxygens (including phenoxy) is 1. The minimum atomic E-state index is -1.68. The van der Waals surface area contributed by atoms with Gasteiger partial charge in [0.05, 0.1) is 12.6 Å². The van der Waals surface area contributed by atoms with E-state index in [9.17, 15) is 33.9 Å². The topological polar surface area (TPSA) is 305 Å². The van der Waals surface area contributed by atoms with Crippen LogP contribution in [0.5, 0.6) is 0 Å². The van der Waals surface area contributed by atoms with E-state index in [0.717, 1.165) is 4.90 Å². The van der Waals surface area contributed by atoms with Gasteiger partial charge in [0, 0.05) is 55.6 Å². The fourth-order valence-corrected chi connectivity index (χ4v) is 12.0. The molecule has 0 aromatic rings. The maximum absolute atomic E-state index is 15.3. The van der Waals surface area contributed by atoms with Gasteiger partial charge in [0.1, 0.15) is 72.6 Å². The van der Waals surface area contributed by atoms with E-state index in [1.54, 1.807) is 74.5 Å². The first-order chi connectivity index (χ1) is 41.6. The molecule has 0 bridgehead atoms. The van der Waals surface area contributed by atoms with E-state index in [1.807, 2.05) is 41.5 Å². The molecule has 512 valence electrons. The summed E-state index contributed by atoms with van der Waals surface area (Å²) >= 11 is 0. The molecule has 0 aromatic carbocycles. The molecule has 25 nitrogen and oxygen atoms in total. The number of nitrogens with one attached hydrogen (secondary N) is 4. The fourth-order valence-electron chi connectivity index (χ4n) is 12.0. The Balaban J connectivity index is 3.08. The molecule has 0 aromatic heterocycles. The molecule has 5 N–H and O–H groups in total. The summed E-state index contributed by atoms with van der Waals surface area (Å²) in [5.41, 5.74) is 0. The summed E-state index contributed by atoms with van der Waals surface area (Å²) in [6.07, 6.45) is 1.41. The third-order valence-electron chi connectivity index (χ3n) is 17.3. The van der Waals surface area contributed by atoms with Gasteiger partial charge in [-0.3, -0.25) is 57.5 Å². The van der Waals surface area contributed by atoms with Crippen molar-refractivity contribution >= 4 is 70.9 Å². The molecule has 2 aliphatic heterocycles. The van der Waals surface area contributed by atoms with E-state index >= 15 is 28.8 Å². The lowest BCUT2D eigenvalue weighted by atomic mass is 9.91. The molecule has 0 radical (unpaired) electrons. The molecule has 14 atom stereocenters. The van der Waals surface area contributed by atoms with Gasteiger partial charge in [-0.05, 0) is 94.3 Å². The summed E-state index contributed by atoms with van der Waals surface area (Å²) in [5.74, 6) is -11.6. The highest BCUT2D eigenvalue weighted by Crippen LogP contribution is 2.29. The van der Waals surface area contributed by atoms with Gasteiger partial charge in [0.2, 0.25) is 65.0 Å². The Morgan fingerprint density at radius 3 is 1.43 bits per heavy atom. The van der Waals surface area contributed by atoms with Crippen LogP contribution in [0.4, 0.5) is 0 Å². The van der Waals surface area contributed by atoms with Crippen LogP contribution in [-0.2, 0) is 62.3 Å². The smallest absolute Gasteiger partial charge is 0.302 e. The summed E-state index contributed by atoms with van der Waals surface area (Å²) in [6, 6.07) is -14.3. The summed E-state index contributed by atoms with van der Waals surface area (Å²) in [6.45, 7) is 30.2. The number of aliphatic hydroxyl groups excluding tert-OH is 1. The highest BCUT2D eigenvalue weighted by Gasteiger charge is 2.49. The summed E-state index contributed by atoms with van der Waals surface area (Å²) in [4.78, 5) is 184. The predicted octanol–water partition coefficient (Wildman–Crippen LogP) is 2.95. The molecule has 0 spiro atoms. The van der Waals surface area contributed by atoms with Crippen LogP contribution >= 0.6 is 0 Å². The molecule has 2 fully saturated rings. The molecule has 0 saturated carbocycles. The average molecular weight is 1270 g/mol. The van der Waals surface area contributed by atoms with Crippen molar-refractivity contribution in [3.05, 3.63) is 12.2 Å². The van der Waals surface area contributed by atoms with E-state index in [0.29, 0.717) is 0 Å². The van der Waals surface area contributed by atoms with Crippen LogP contribution in [0, 0.1) is 41.4 Å². The zero-order valence-corrected chi connectivity index (χ0v) is 58.5. The molecular weight excluding hydrogens is 1160 g/mol. The maximum Gasteiger partial charge on any atom is 0.302 e. The van der Waals surface area contributed by atoms with E-state index in [1.165, 1.54) is 92.5 Å². The molecule has 2 aliphatic rings. The number of fused-ring (bicyclic) bond motifs is 1. The molecule has 90 heavy (non-hydrogen) atoms. The van der Waals surface area contributed by atoms with E-state index in [-0.39, 0.29) is 62.8 Å². The molecule has 2 rings (SSSR count). The minimum absolute atomic E-state index is 0.0647. The van der Waals surface area contributed by atoms with Gasteiger partial charge in [-0.25, -0.2) is 0 Å². The largest absolute Gasteiger partial charge is 0.461 e. The quantitative estimate of drug-likeness (QED) is 0.116. The zero-order chi connectivity index (χ0) is 69.4. The maximum atomic E-state index is 15.3. The number of likely N-dealkylation sites (N-methyl/N-ethyl adjacent to an activating group) is 6. The second kappa shape index (κ2) is 35.2. The minimum Gasteiger partial charge on any atom is -0.461 e. The van der Waals surface area contributed by atoms with Crippen molar-refractivity contribution in [3.8, 4) is 0 Å². The van der Waals surface area contributed by atoms with E-state index in [2.05, 4.69) is 21.3 Å². The van der Waals surface area contributed by atoms with Crippen LogP contribution in [0.1, 0.15) is 163 Å². The van der Waals surface area contributed by atoms with Crippen LogP contribution in [0.2, 0.25) is 0 Å². The number of esters is 1. The van der Waals surface area contributed by atoms with Crippen molar-refractivity contribution < 1.29 is 67.4 Å². The molecule has 1 unspecified atom stereocenters. The van der Waals surface area contributed by atoms with E-state index < -0.39 is 173 Å². The Kier molecular flexibility index (Phi) is 31.1. The van der Waals surface area contributed by atoms with Crippen LogP contribution < -0.4 is 21.3 Å². The summed E-state index contributed by atoms with van der Waals surface area (Å²) < 4.78 is 5.59. The first-order valence-electron chi connectivity index (χ1n) is 32.2. The highest BCUT2D eigenvalue weighted by atomic mass is 16.5. The summed E-state index contributed by atoms with van der Waals surface area (Å²) in [5, 5.41) is 23.2. The number of nitrogens with zero attached hydrogens (tertiary/aromatic N) is 7. The van der Waals surface area contributed by atoms with Crippen molar-refractivity contribution in [2.45, 2.75) is 242 Å². The Morgan fingerprint density at radius 2 is 0.967 bits per heavy atom. The lowest BCUT2D eigenvalue weighted by molar-refractivity contribution is -0.157. The van der Waals surface area contributed by atoms with Crippen LogP contribution in [0.3, 0.4) is 0 Å². The number of carbonyl (C=O) groups excluding carboxylic acids is 12. The number of hydrogen-bond acceptors (Lipinski definition) is 14. The zero-order valence-electron chi connectivity index (χ0n) is 58.5. The van der Waals surface area contributed by atoms with Gasteiger partial charge >= 0.3 is 5.97 Å². The van der Waals surface area contributed by atoms with Gasteiger partial charge < -0.3 is 65.4 Å². The van der Waals surface area contributed by atoms with Gasteiger partial charge in [0.15, 0.2) is 0 Å². The third-order valence-corrected chi connectivity index (χ3v) is 17.3. The first kappa shape index (κ1) is 79.4. The third kappa shape index (κ3) is 20.7. The molecule has 0 aliphatic carbocycles. The van der Waals surface area contributed by atoms with E-state index in [4.69, 9.17) is 4.74 Å². The van der Waals surface area contributed by atoms with Crippen molar-refractivity contribution in [2.24, 2.45) is 41.4 Å². The number of allylic oxidation sites excluding steroid dienone is 2.